The first-order valence-corrected chi connectivity index (χ1v) is 8.85. The van der Waals surface area contributed by atoms with E-state index < -0.39 is 0 Å². The second-order valence-electron chi connectivity index (χ2n) is 6.40. The van der Waals surface area contributed by atoms with Gasteiger partial charge in [0.1, 0.15) is 17.0 Å². The van der Waals surface area contributed by atoms with Crippen molar-refractivity contribution in [1.29, 1.82) is 0 Å². The minimum Gasteiger partial charge on any atom is -0.360 e. The highest BCUT2D eigenvalue weighted by Gasteiger charge is 2.26. The molecule has 1 aromatic carbocycles. The van der Waals surface area contributed by atoms with E-state index in [4.69, 9.17) is 4.52 Å². The van der Waals surface area contributed by atoms with Crippen LogP contribution < -0.4 is 5.32 Å². The molecule has 0 saturated carbocycles. The number of hydrogen-bond acceptors (Lipinski definition) is 5. The third-order valence-corrected chi connectivity index (χ3v) is 4.61. The summed E-state index contributed by atoms with van der Waals surface area (Å²) in [4.78, 5) is 17.3. The number of aromatic nitrogens is 4. The first kappa shape index (κ1) is 17.7. The average molecular weight is 373 g/mol. The Labute approximate surface area is 162 Å². The molecule has 0 unspecified atom stereocenters. The maximum absolute atomic E-state index is 13.3. The van der Waals surface area contributed by atoms with Crippen molar-refractivity contribution >= 4 is 5.91 Å². The largest absolute Gasteiger partial charge is 0.360 e. The highest BCUT2D eigenvalue weighted by Crippen LogP contribution is 2.27. The fourth-order valence-electron chi connectivity index (χ4n) is 3.19. The normalized spacial score (nSPS) is 11.9. The number of aryl methyl sites for hydroxylation is 2. The third-order valence-electron chi connectivity index (χ3n) is 4.61. The van der Waals surface area contributed by atoms with Gasteiger partial charge in [-0.05, 0) is 30.7 Å². The van der Waals surface area contributed by atoms with E-state index in [2.05, 4.69) is 20.6 Å². The minimum atomic E-state index is -0.360. The van der Waals surface area contributed by atoms with Gasteiger partial charge in [0.2, 0.25) is 0 Å². The zero-order chi connectivity index (χ0) is 19.5. The first-order chi connectivity index (χ1) is 13.6. The van der Waals surface area contributed by atoms with E-state index in [-0.39, 0.29) is 11.9 Å². The number of nitrogens with zero attached hydrogens (tertiary/aromatic N) is 4. The molecule has 1 N–H and O–H groups in total. The molecule has 0 bridgehead atoms. The smallest absolute Gasteiger partial charge is 0.257 e. The number of carbonyl (C=O) groups excluding carboxylic acids is 1. The summed E-state index contributed by atoms with van der Waals surface area (Å²) in [6, 6.07) is 14.9. The van der Waals surface area contributed by atoms with Gasteiger partial charge in [-0.2, -0.15) is 5.10 Å². The van der Waals surface area contributed by atoms with E-state index in [0.717, 1.165) is 16.8 Å². The van der Waals surface area contributed by atoms with Crippen molar-refractivity contribution in [2.45, 2.75) is 13.0 Å². The number of carbonyl (C=O) groups is 1. The number of rotatable bonds is 5. The lowest BCUT2D eigenvalue weighted by Gasteiger charge is -2.19. The molecule has 0 aliphatic heterocycles. The van der Waals surface area contributed by atoms with E-state index in [9.17, 15) is 4.79 Å². The van der Waals surface area contributed by atoms with Gasteiger partial charge >= 0.3 is 0 Å². The van der Waals surface area contributed by atoms with Gasteiger partial charge in [-0.3, -0.25) is 14.5 Å². The predicted molar refractivity (Wildman–Crippen MR) is 103 cm³/mol. The first-order valence-electron chi connectivity index (χ1n) is 8.85. The van der Waals surface area contributed by atoms with Crippen molar-refractivity contribution in [2.24, 2.45) is 7.05 Å². The molecule has 0 fully saturated rings. The molecule has 4 aromatic rings. The van der Waals surface area contributed by atoms with E-state index in [1.165, 1.54) is 0 Å². The van der Waals surface area contributed by atoms with Gasteiger partial charge in [0.15, 0.2) is 0 Å². The Bertz CT molecular complexity index is 1090. The number of pyridine rings is 1. The maximum atomic E-state index is 13.3. The standard InChI is InChI=1S/C21H19N5O2/c1-14-18(20(25-28-14)16-8-11-22-12-9-16)21(27)24-19(15-6-4-3-5-7-15)17-10-13-23-26(17)2/h3-13,19H,1-2H3,(H,24,27)/t19-/m0/s1. The summed E-state index contributed by atoms with van der Waals surface area (Å²) < 4.78 is 7.08. The van der Waals surface area contributed by atoms with E-state index in [1.54, 1.807) is 42.3 Å². The molecular formula is C21H19N5O2. The summed E-state index contributed by atoms with van der Waals surface area (Å²) in [7, 11) is 1.85. The highest BCUT2D eigenvalue weighted by molar-refractivity contribution is 6.01. The highest BCUT2D eigenvalue weighted by atomic mass is 16.5. The molecule has 0 radical (unpaired) electrons. The average Bonchev–Trinajstić information content (AvgIpc) is 3.33. The maximum Gasteiger partial charge on any atom is 0.257 e. The Morgan fingerprint density at radius 3 is 2.50 bits per heavy atom. The molecule has 1 amide bonds. The molecule has 7 heteroatoms. The molecule has 28 heavy (non-hydrogen) atoms. The molecule has 140 valence electrons. The Kier molecular flexibility index (Phi) is 4.72. The van der Waals surface area contributed by atoms with E-state index >= 15 is 0 Å². The molecule has 3 aromatic heterocycles. The lowest BCUT2D eigenvalue weighted by atomic mass is 10.0. The Balaban J connectivity index is 1.72. The van der Waals surface area contributed by atoms with Crippen LogP contribution in [0.1, 0.15) is 33.4 Å². The lowest BCUT2D eigenvalue weighted by Crippen LogP contribution is -2.31. The SMILES string of the molecule is Cc1onc(-c2ccncc2)c1C(=O)N[C@@H](c1ccccc1)c1ccnn1C. The van der Waals surface area contributed by atoms with Crippen molar-refractivity contribution < 1.29 is 9.32 Å². The van der Waals surface area contributed by atoms with Gasteiger partial charge in [-0.1, -0.05) is 35.5 Å². The van der Waals surface area contributed by atoms with Gasteiger partial charge < -0.3 is 9.84 Å². The topological polar surface area (TPSA) is 85.8 Å². The fourth-order valence-corrected chi connectivity index (χ4v) is 3.19. The van der Waals surface area contributed by atoms with E-state index in [1.807, 2.05) is 43.4 Å². The Morgan fingerprint density at radius 2 is 1.82 bits per heavy atom. The second kappa shape index (κ2) is 7.48. The van der Waals surface area contributed by atoms with Crippen molar-refractivity contribution in [3.8, 4) is 11.3 Å². The Morgan fingerprint density at radius 1 is 1.07 bits per heavy atom. The molecule has 7 nitrogen and oxygen atoms in total. The van der Waals surface area contributed by atoms with Crippen LogP contribution in [0.5, 0.6) is 0 Å². The van der Waals surface area contributed by atoms with Crippen LogP contribution in [0.3, 0.4) is 0 Å². The zero-order valence-electron chi connectivity index (χ0n) is 15.5. The second-order valence-corrected chi connectivity index (χ2v) is 6.40. The number of hydrogen-bond donors (Lipinski definition) is 1. The van der Waals surface area contributed by atoms with Crippen LogP contribution in [0.2, 0.25) is 0 Å². The summed E-state index contributed by atoms with van der Waals surface area (Å²) in [6.45, 7) is 1.73. The number of benzene rings is 1. The van der Waals surface area contributed by atoms with Gasteiger partial charge in [-0.25, -0.2) is 0 Å². The van der Waals surface area contributed by atoms with Crippen LogP contribution in [0.15, 0.2) is 71.6 Å². The van der Waals surface area contributed by atoms with Crippen molar-refractivity contribution in [1.82, 2.24) is 25.2 Å². The molecule has 0 aliphatic rings. The molecule has 4 rings (SSSR count). The minimum absolute atomic E-state index is 0.263. The predicted octanol–water partition coefficient (Wildman–Crippen LogP) is 3.30. The number of nitrogens with one attached hydrogen (secondary N) is 1. The van der Waals surface area contributed by atoms with Crippen LogP contribution in [0.25, 0.3) is 11.3 Å². The summed E-state index contributed by atoms with van der Waals surface area (Å²) in [5, 5.41) is 11.4. The third kappa shape index (κ3) is 3.29. The van der Waals surface area contributed by atoms with Gasteiger partial charge in [0.05, 0.1) is 11.7 Å². The van der Waals surface area contributed by atoms with Crippen LogP contribution in [0, 0.1) is 6.92 Å². The number of amides is 1. The van der Waals surface area contributed by atoms with Gasteiger partial charge in [0.25, 0.3) is 5.91 Å². The summed E-state index contributed by atoms with van der Waals surface area (Å²) in [6.07, 6.45) is 5.03. The molecule has 1 atom stereocenters. The molecular weight excluding hydrogens is 354 g/mol. The van der Waals surface area contributed by atoms with Crippen molar-refractivity contribution in [3.05, 3.63) is 89.7 Å². The Hall–Kier alpha value is -3.74. The van der Waals surface area contributed by atoms with Gasteiger partial charge in [-0.15, -0.1) is 0 Å². The van der Waals surface area contributed by atoms with Crippen LogP contribution in [-0.2, 0) is 7.05 Å². The quantitative estimate of drug-likeness (QED) is 0.580. The molecule has 3 heterocycles. The lowest BCUT2D eigenvalue weighted by molar-refractivity contribution is 0.0940. The summed E-state index contributed by atoms with van der Waals surface area (Å²) >= 11 is 0. The molecule has 0 aliphatic carbocycles. The molecule has 0 spiro atoms. The van der Waals surface area contributed by atoms with Crippen molar-refractivity contribution in [2.75, 3.05) is 0 Å². The van der Waals surface area contributed by atoms with Crippen LogP contribution in [0.4, 0.5) is 0 Å². The van der Waals surface area contributed by atoms with Gasteiger partial charge in [0, 0.05) is 31.2 Å². The van der Waals surface area contributed by atoms with Crippen LogP contribution in [-0.4, -0.2) is 25.8 Å². The molecule has 0 saturated heterocycles. The van der Waals surface area contributed by atoms with E-state index in [0.29, 0.717) is 17.0 Å². The summed E-state index contributed by atoms with van der Waals surface area (Å²) in [5.41, 5.74) is 3.51. The monoisotopic (exact) mass is 373 g/mol. The fraction of sp³-hybridized carbons (Fsp3) is 0.143. The van der Waals surface area contributed by atoms with Crippen molar-refractivity contribution in [3.63, 3.8) is 0 Å². The summed E-state index contributed by atoms with van der Waals surface area (Å²) in [5.74, 6) is 0.196. The zero-order valence-corrected chi connectivity index (χ0v) is 15.5. The van der Waals surface area contributed by atoms with Crippen LogP contribution >= 0.6 is 0 Å².